The first-order valence-electron chi connectivity index (χ1n) is 7.28. The monoisotopic (exact) mass is 378 g/mol. The van der Waals surface area contributed by atoms with Gasteiger partial charge in [0.05, 0.1) is 11.5 Å². The number of alkyl halides is 3. The van der Waals surface area contributed by atoms with Gasteiger partial charge >= 0.3 is 6.18 Å². The quantitative estimate of drug-likeness (QED) is 0.571. The summed E-state index contributed by atoms with van der Waals surface area (Å²) in [6, 6.07) is 2.63. The third-order valence-corrected chi connectivity index (χ3v) is 5.72. The lowest BCUT2D eigenvalue weighted by molar-refractivity contribution is -0.124. The van der Waals surface area contributed by atoms with Crippen LogP contribution in [0.2, 0.25) is 0 Å². The largest absolute Gasteiger partial charge is 0.398 e. The Bertz CT molecular complexity index is 701. The van der Waals surface area contributed by atoms with Crippen LogP contribution in [0.15, 0.2) is 22.0 Å². The second-order valence-electron chi connectivity index (χ2n) is 5.65. The van der Waals surface area contributed by atoms with Gasteiger partial charge in [0.1, 0.15) is 11.5 Å². The number of aliphatic imine (C=N–C) groups is 1. The topological polar surface area (TPSA) is 32.7 Å². The minimum absolute atomic E-state index is 0.0341. The highest BCUT2D eigenvalue weighted by atomic mass is 32.2. The molecule has 3 nitrogen and oxygen atoms in total. The molecule has 0 unspecified atom stereocenters. The third kappa shape index (κ3) is 4.05. The van der Waals surface area contributed by atoms with Gasteiger partial charge in [-0.15, -0.1) is 11.8 Å². The number of aryl methyl sites for hydroxylation is 1. The number of hydrogen-bond acceptors (Lipinski definition) is 4. The van der Waals surface area contributed by atoms with Crippen LogP contribution in [0.25, 0.3) is 0 Å². The summed E-state index contributed by atoms with van der Waals surface area (Å²) in [5.41, 5.74) is 0.396. The molecular weight excluding hydrogens is 364 g/mol. The van der Waals surface area contributed by atoms with Crippen molar-refractivity contribution in [1.82, 2.24) is 4.90 Å². The van der Waals surface area contributed by atoms with Crippen LogP contribution in [0.4, 0.5) is 23.2 Å². The van der Waals surface area contributed by atoms with E-state index in [0.29, 0.717) is 27.4 Å². The molecule has 1 saturated heterocycles. The predicted molar refractivity (Wildman–Crippen MR) is 87.3 cm³/mol. The first kappa shape index (κ1) is 17.6. The van der Waals surface area contributed by atoms with Gasteiger partial charge < -0.3 is 0 Å². The SMILES string of the molecule is Cc1cc(F)c(N=C2SCC(=O)N2C2CC2)cc1SCC(F)(F)F. The zero-order chi connectivity index (χ0) is 17.5. The van der Waals surface area contributed by atoms with Crippen LogP contribution in [-0.4, -0.2) is 39.7 Å². The van der Waals surface area contributed by atoms with Crippen LogP contribution < -0.4 is 0 Å². The summed E-state index contributed by atoms with van der Waals surface area (Å²) >= 11 is 1.84. The third-order valence-electron chi connectivity index (χ3n) is 3.56. The van der Waals surface area contributed by atoms with Gasteiger partial charge in [0.25, 0.3) is 0 Å². The molecule has 0 N–H and O–H groups in total. The van der Waals surface area contributed by atoms with E-state index in [0.717, 1.165) is 12.8 Å². The average molecular weight is 378 g/mol. The molecule has 2 fully saturated rings. The molecule has 0 atom stereocenters. The normalized spacial score (nSPS) is 20.3. The van der Waals surface area contributed by atoms with Crippen molar-refractivity contribution in [3.05, 3.63) is 23.5 Å². The fraction of sp³-hybridized carbons (Fsp3) is 0.467. The van der Waals surface area contributed by atoms with E-state index in [4.69, 9.17) is 0 Å². The summed E-state index contributed by atoms with van der Waals surface area (Å²) < 4.78 is 51.3. The maximum atomic E-state index is 14.1. The zero-order valence-electron chi connectivity index (χ0n) is 12.7. The predicted octanol–water partition coefficient (Wildman–Crippen LogP) is 4.51. The van der Waals surface area contributed by atoms with Gasteiger partial charge in [0, 0.05) is 10.9 Å². The van der Waals surface area contributed by atoms with E-state index in [1.807, 2.05) is 0 Å². The van der Waals surface area contributed by atoms with Crippen molar-refractivity contribution < 1.29 is 22.4 Å². The summed E-state index contributed by atoms with van der Waals surface area (Å²) in [6.07, 6.45) is -2.50. The Morgan fingerprint density at radius 1 is 1.38 bits per heavy atom. The minimum Gasteiger partial charge on any atom is -0.287 e. The van der Waals surface area contributed by atoms with Crippen LogP contribution in [0.1, 0.15) is 18.4 Å². The van der Waals surface area contributed by atoms with E-state index >= 15 is 0 Å². The van der Waals surface area contributed by atoms with E-state index in [1.54, 1.807) is 11.8 Å². The Morgan fingerprint density at radius 2 is 2.08 bits per heavy atom. The number of carbonyl (C=O) groups excluding carboxylic acids is 1. The van der Waals surface area contributed by atoms with Gasteiger partial charge in [-0.1, -0.05) is 11.8 Å². The fourth-order valence-electron chi connectivity index (χ4n) is 2.30. The van der Waals surface area contributed by atoms with Crippen molar-refractivity contribution in [2.75, 3.05) is 11.5 Å². The Balaban J connectivity index is 1.87. The van der Waals surface area contributed by atoms with Gasteiger partial charge in [-0.05, 0) is 37.5 Å². The molecule has 1 aromatic rings. The van der Waals surface area contributed by atoms with Crippen LogP contribution in [-0.2, 0) is 4.79 Å². The number of hydrogen-bond donors (Lipinski definition) is 0. The molecule has 0 spiro atoms. The Kier molecular flexibility index (Phi) is 4.83. The number of benzene rings is 1. The number of amidine groups is 1. The molecule has 1 aromatic carbocycles. The highest BCUT2D eigenvalue weighted by Crippen LogP contribution is 2.37. The molecule has 130 valence electrons. The lowest BCUT2D eigenvalue weighted by Gasteiger charge is -2.15. The minimum atomic E-state index is -4.30. The molecule has 1 aliphatic heterocycles. The maximum Gasteiger partial charge on any atom is 0.398 e. The van der Waals surface area contributed by atoms with Gasteiger partial charge in [-0.2, -0.15) is 13.2 Å². The number of amides is 1. The standard InChI is InChI=1S/C15H14F4N2OS2/c1-8-4-10(16)11(5-12(8)24-7-15(17,18)19)20-14-21(9-2-3-9)13(22)6-23-14/h4-5,9H,2-3,6-7H2,1H3. The lowest BCUT2D eigenvalue weighted by Crippen LogP contribution is -2.31. The number of carbonyl (C=O) groups is 1. The van der Waals surface area contributed by atoms with Crippen molar-refractivity contribution in [1.29, 1.82) is 0 Å². The van der Waals surface area contributed by atoms with Gasteiger partial charge in [-0.25, -0.2) is 9.38 Å². The highest BCUT2D eigenvalue weighted by Gasteiger charge is 2.40. The van der Waals surface area contributed by atoms with Crippen molar-refractivity contribution in [2.24, 2.45) is 4.99 Å². The molecule has 0 radical (unpaired) electrons. The summed E-state index contributed by atoms with van der Waals surface area (Å²) in [7, 11) is 0. The first-order chi connectivity index (χ1) is 11.2. The second-order valence-corrected chi connectivity index (χ2v) is 7.61. The van der Waals surface area contributed by atoms with Crippen LogP contribution in [0, 0.1) is 12.7 Å². The van der Waals surface area contributed by atoms with E-state index in [2.05, 4.69) is 4.99 Å². The summed E-state index contributed by atoms with van der Waals surface area (Å²) in [5, 5.41) is 0.428. The molecule has 9 heteroatoms. The van der Waals surface area contributed by atoms with Crippen molar-refractivity contribution in [2.45, 2.75) is 36.9 Å². The maximum absolute atomic E-state index is 14.1. The summed E-state index contributed by atoms with van der Waals surface area (Å²) in [5.74, 6) is -1.44. The number of rotatable bonds is 4. The van der Waals surface area contributed by atoms with Crippen LogP contribution >= 0.6 is 23.5 Å². The summed E-state index contributed by atoms with van der Waals surface area (Å²) in [6.45, 7) is 1.56. The van der Waals surface area contributed by atoms with Crippen LogP contribution in [0.5, 0.6) is 0 Å². The van der Waals surface area contributed by atoms with Crippen LogP contribution in [0.3, 0.4) is 0 Å². The van der Waals surface area contributed by atoms with Gasteiger partial charge in [-0.3, -0.25) is 9.69 Å². The Hall–Kier alpha value is -1.22. The molecule has 0 aromatic heterocycles. The zero-order valence-corrected chi connectivity index (χ0v) is 14.3. The average Bonchev–Trinajstić information content (AvgIpc) is 3.24. The molecule has 1 aliphatic carbocycles. The summed E-state index contributed by atoms with van der Waals surface area (Å²) in [4.78, 5) is 18.0. The van der Waals surface area contributed by atoms with Gasteiger partial charge in [0.2, 0.25) is 5.91 Å². The molecule has 0 bridgehead atoms. The number of thioether (sulfide) groups is 2. The highest BCUT2D eigenvalue weighted by molar-refractivity contribution is 8.15. The van der Waals surface area contributed by atoms with Crippen molar-refractivity contribution >= 4 is 40.3 Å². The Labute approximate surface area is 144 Å². The van der Waals surface area contributed by atoms with E-state index < -0.39 is 17.7 Å². The molecule has 2 aliphatic rings. The second kappa shape index (κ2) is 6.59. The van der Waals surface area contributed by atoms with Crippen molar-refractivity contribution in [3.63, 3.8) is 0 Å². The number of nitrogens with zero attached hydrogens (tertiary/aromatic N) is 2. The molecular formula is C15H14F4N2OS2. The number of halogens is 4. The fourth-order valence-corrected chi connectivity index (χ4v) is 4.04. The Morgan fingerprint density at radius 3 is 2.71 bits per heavy atom. The van der Waals surface area contributed by atoms with E-state index in [9.17, 15) is 22.4 Å². The van der Waals surface area contributed by atoms with E-state index in [-0.39, 0.29) is 23.4 Å². The van der Waals surface area contributed by atoms with E-state index in [1.165, 1.54) is 23.9 Å². The van der Waals surface area contributed by atoms with Crippen molar-refractivity contribution in [3.8, 4) is 0 Å². The smallest absolute Gasteiger partial charge is 0.287 e. The lowest BCUT2D eigenvalue weighted by atomic mass is 10.2. The molecule has 1 saturated carbocycles. The first-order valence-corrected chi connectivity index (χ1v) is 9.25. The molecule has 3 rings (SSSR count). The molecule has 1 heterocycles. The molecule has 1 amide bonds. The van der Waals surface area contributed by atoms with Gasteiger partial charge in [0.15, 0.2) is 5.17 Å². The molecule has 24 heavy (non-hydrogen) atoms.